The molecule has 2 saturated heterocycles. The van der Waals surface area contributed by atoms with Gasteiger partial charge in [-0.15, -0.1) is 0 Å². The van der Waals surface area contributed by atoms with Crippen molar-refractivity contribution >= 4 is 5.91 Å². The Morgan fingerprint density at radius 2 is 2.19 bits per heavy atom. The van der Waals surface area contributed by atoms with Crippen molar-refractivity contribution in [3.8, 4) is 0 Å². The minimum atomic E-state index is -0.769. The molecule has 3 aliphatic rings. The molecule has 1 spiro atoms. The Bertz CT molecular complexity index is 627. The summed E-state index contributed by atoms with van der Waals surface area (Å²) in [5.74, 6) is 0.0684. The van der Waals surface area contributed by atoms with Crippen LogP contribution in [0, 0.1) is 5.92 Å². The van der Waals surface area contributed by atoms with Crippen molar-refractivity contribution in [2.75, 3.05) is 26.7 Å². The third-order valence-corrected chi connectivity index (χ3v) is 6.38. The first-order chi connectivity index (χ1) is 12.5. The number of hydrogen-bond donors (Lipinski definition) is 0. The maximum Gasteiger partial charge on any atom is 0.225 e. The van der Waals surface area contributed by atoms with Crippen LogP contribution in [0.4, 0.5) is 4.39 Å². The fraction of sp³-hybridized carbons (Fsp3) is 0.700. The maximum atomic E-state index is 13.0. The number of alkyl halides is 1. The number of likely N-dealkylation sites (tertiary alicyclic amines) is 1. The third-order valence-electron chi connectivity index (χ3n) is 6.38. The van der Waals surface area contributed by atoms with Gasteiger partial charge in [0.05, 0.1) is 12.2 Å². The van der Waals surface area contributed by atoms with Crippen LogP contribution in [0.15, 0.2) is 24.5 Å². The first kappa shape index (κ1) is 17.9. The van der Waals surface area contributed by atoms with E-state index < -0.39 is 6.17 Å². The van der Waals surface area contributed by atoms with Crippen LogP contribution in [-0.4, -0.2) is 65.2 Å². The maximum absolute atomic E-state index is 13.0. The van der Waals surface area contributed by atoms with E-state index in [0.29, 0.717) is 18.9 Å². The highest BCUT2D eigenvalue weighted by Crippen LogP contribution is 2.39. The number of carbonyl (C=O) groups excluding carboxylic acids is 1. The summed E-state index contributed by atoms with van der Waals surface area (Å²) in [4.78, 5) is 20.9. The topological polar surface area (TPSA) is 45.7 Å². The van der Waals surface area contributed by atoms with Crippen LogP contribution < -0.4 is 0 Å². The second-order valence-electron chi connectivity index (χ2n) is 8.22. The van der Waals surface area contributed by atoms with E-state index in [-0.39, 0.29) is 17.4 Å². The number of likely N-dealkylation sites (N-methyl/N-ethyl adjacent to an activating group) is 1. The van der Waals surface area contributed by atoms with E-state index in [1.807, 2.05) is 17.2 Å². The van der Waals surface area contributed by atoms with Gasteiger partial charge in [0.1, 0.15) is 6.17 Å². The van der Waals surface area contributed by atoms with Crippen LogP contribution in [0.1, 0.15) is 37.7 Å². The van der Waals surface area contributed by atoms with Crippen molar-refractivity contribution in [3.05, 3.63) is 30.1 Å². The number of carbonyl (C=O) groups is 1. The molecule has 4 rings (SSSR count). The number of pyridine rings is 1. The Labute approximate surface area is 154 Å². The highest BCUT2D eigenvalue weighted by Gasteiger charge is 2.46. The summed E-state index contributed by atoms with van der Waals surface area (Å²) in [5, 5.41) is 0. The molecule has 1 saturated carbocycles. The molecule has 1 amide bonds. The first-order valence-electron chi connectivity index (χ1n) is 9.71. The van der Waals surface area contributed by atoms with Gasteiger partial charge in [0.15, 0.2) is 0 Å². The van der Waals surface area contributed by atoms with Crippen molar-refractivity contribution in [1.82, 2.24) is 14.8 Å². The molecule has 0 bridgehead atoms. The minimum Gasteiger partial charge on any atom is -0.373 e. The van der Waals surface area contributed by atoms with E-state index in [0.717, 1.165) is 45.5 Å². The van der Waals surface area contributed by atoms with Crippen LogP contribution in [0.5, 0.6) is 0 Å². The molecular weight excluding hydrogens is 333 g/mol. The lowest BCUT2D eigenvalue weighted by Crippen LogP contribution is -2.50. The zero-order chi connectivity index (χ0) is 18.1. The first-order valence-corrected chi connectivity index (χ1v) is 9.71. The molecule has 3 heterocycles. The molecule has 0 aromatic carbocycles. The zero-order valence-electron chi connectivity index (χ0n) is 15.4. The summed E-state index contributed by atoms with van der Waals surface area (Å²) in [6.07, 6.45) is 6.56. The molecule has 1 atom stereocenters. The average Bonchev–Trinajstić information content (AvgIpc) is 3.04. The average molecular weight is 361 g/mol. The van der Waals surface area contributed by atoms with Crippen LogP contribution in [0.3, 0.4) is 0 Å². The molecule has 6 heteroatoms. The van der Waals surface area contributed by atoms with Gasteiger partial charge in [-0.05, 0) is 50.8 Å². The van der Waals surface area contributed by atoms with E-state index in [2.05, 4.69) is 23.0 Å². The fourth-order valence-electron chi connectivity index (χ4n) is 4.50. The summed E-state index contributed by atoms with van der Waals surface area (Å²) < 4.78 is 19.3. The Balaban J connectivity index is 1.28. The van der Waals surface area contributed by atoms with Crippen LogP contribution in [0.25, 0.3) is 0 Å². The normalized spacial score (nSPS) is 30.6. The quantitative estimate of drug-likeness (QED) is 0.826. The van der Waals surface area contributed by atoms with Crippen molar-refractivity contribution in [2.24, 2.45) is 5.92 Å². The number of aromatic nitrogens is 1. The Morgan fingerprint density at radius 3 is 2.85 bits per heavy atom. The smallest absolute Gasteiger partial charge is 0.225 e. The standard InChI is InChI=1S/C20H28FN3O2/c1-23(13-15-3-2-6-22-12-15)18-11-20(26-14-18)4-7-24(8-5-20)19(25)16-9-17(21)10-16/h2-3,6,12,16-18H,4-5,7-11,13-14H2,1H3. The molecule has 3 fully saturated rings. The third kappa shape index (κ3) is 3.62. The van der Waals surface area contributed by atoms with Gasteiger partial charge in [0.2, 0.25) is 5.91 Å². The second-order valence-corrected chi connectivity index (χ2v) is 8.22. The number of halogens is 1. The highest BCUT2D eigenvalue weighted by atomic mass is 19.1. The lowest BCUT2D eigenvalue weighted by atomic mass is 9.81. The number of hydrogen-bond acceptors (Lipinski definition) is 4. The van der Waals surface area contributed by atoms with Gasteiger partial charge >= 0.3 is 0 Å². The molecule has 1 aromatic rings. The SMILES string of the molecule is CN(Cc1cccnc1)C1COC2(CCN(C(=O)C3CC(F)C3)CC2)C1. The highest BCUT2D eigenvalue weighted by molar-refractivity contribution is 5.80. The molecule has 5 nitrogen and oxygen atoms in total. The summed E-state index contributed by atoms with van der Waals surface area (Å²) in [6.45, 7) is 3.10. The molecule has 2 aliphatic heterocycles. The lowest BCUT2D eigenvalue weighted by Gasteiger charge is -2.41. The summed E-state index contributed by atoms with van der Waals surface area (Å²) >= 11 is 0. The van der Waals surface area contributed by atoms with Gasteiger partial charge in [-0.25, -0.2) is 4.39 Å². The van der Waals surface area contributed by atoms with Crippen molar-refractivity contribution in [3.63, 3.8) is 0 Å². The monoisotopic (exact) mass is 361 g/mol. The van der Waals surface area contributed by atoms with Gasteiger partial charge in [0.25, 0.3) is 0 Å². The number of ether oxygens (including phenoxy) is 1. The molecule has 26 heavy (non-hydrogen) atoms. The van der Waals surface area contributed by atoms with Crippen molar-refractivity contribution in [2.45, 2.75) is 56.5 Å². The number of rotatable bonds is 4. The number of nitrogens with zero attached hydrogens (tertiary/aromatic N) is 3. The van der Waals surface area contributed by atoms with Crippen molar-refractivity contribution in [1.29, 1.82) is 0 Å². The molecular formula is C20H28FN3O2. The summed E-state index contributed by atoms with van der Waals surface area (Å²) in [7, 11) is 2.14. The van der Waals surface area contributed by atoms with Gasteiger partial charge in [-0.3, -0.25) is 14.7 Å². The number of piperidine rings is 1. The molecule has 1 aliphatic carbocycles. The van der Waals surface area contributed by atoms with Crippen LogP contribution >= 0.6 is 0 Å². The Hall–Kier alpha value is -1.53. The van der Waals surface area contributed by atoms with E-state index in [9.17, 15) is 9.18 Å². The van der Waals surface area contributed by atoms with Gasteiger partial charge in [0, 0.05) is 44.0 Å². The molecule has 1 aromatic heterocycles. The van der Waals surface area contributed by atoms with Gasteiger partial charge in [-0.2, -0.15) is 0 Å². The van der Waals surface area contributed by atoms with E-state index >= 15 is 0 Å². The summed E-state index contributed by atoms with van der Waals surface area (Å²) in [6, 6.07) is 4.47. The predicted octanol–water partition coefficient (Wildman–Crippen LogP) is 2.41. The van der Waals surface area contributed by atoms with E-state index in [4.69, 9.17) is 4.74 Å². The molecule has 0 N–H and O–H groups in total. The predicted molar refractivity (Wildman–Crippen MR) is 96.2 cm³/mol. The zero-order valence-corrected chi connectivity index (χ0v) is 15.4. The Morgan fingerprint density at radius 1 is 1.42 bits per heavy atom. The van der Waals surface area contributed by atoms with Crippen LogP contribution in [0.2, 0.25) is 0 Å². The van der Waals surface area contributed by atoms with E-state index in [1.165, 1.54) is 5.56 Å². The second kappa shape index (κ2) is 7.24. The summed E-state index contributed by atoms with van der Waals surface area (Å²) in [5.41, 5.74) is 1.12. The van der Waals surface area contributed by atoms with Gasteiger partial charge in [-0.1, -0.05) is 6.07 Å². The minimum absolute atomic E-state index is 0.0816. The molecule has 1 unspecified atom stereocenters. The molecule has 142 valence electrons. The van der Waals surface area contributed by atoms with E-state index in [1.54, 1.807) is 6.20 Å². The molecule has 0 radical (unpaired) electrons. The largest absolute Gasteiger partial charge is 0.373 e. The number of amides is 1. The van der Waals surface area contributed by atoms with Crippen LogP contribution in [-0.2, 0) is 16.1 Å². The van der Waals surface area contributed by atoms with Gasteiger partial charge < -0.3 is 9.64 Å². The fourth-order valence-corrected chi connectivity index (χ4v) is 4.50. The lowest BCUT2D eigenvalue weighted by molar-refractivity contribution is -0.145. The Kier molecular flexibility index (Phi) is 4.97. The van der Waals surface area contributed by atoms with Crippen molar-refractivity contribution < 1.29 is 13.9 Å².